The summed E-state index contributed by atoms with van der Waals surface area (Å²) in [5.41, 5.74) is 0.355. The van der Waals surface area contributed by atoms with Crippen LogP contribution in [0.3, 0.4) is 0 Å². The van der Waals surface area contributed by atoms with Gasteiger partial charge in [0.25, 0.3) is 7.82 Å². The molecule has 0 aliphatic heterocycles. The number of quaternary nitrogens is 1. The van der Waals surface area contributed by atoms with E-state index in [0.717, 1.165) is 17.4 Å². The summed E-state index contributed by atoms with van der Waals surface area (Å²) in [5.74, 6) is -0.333. The standard InChI is InChI=1S/C13H27N2O5P/c1-12(2)13(16)14-8-11-20-21(17,18)19-10-7-6-9-15(3,4)5/h1,6-11H2,2-5H3,(H-,14,16,17,18). The number of unbranched alkanes of at least 4 members (excludes halogenated alkanes) is 1. The second-order valence-corrected chi connectivity index (χ2v) is 7.28. The number of rotatable bonds is 11. The zero-order valence-corrected chi connectivity index (χ0v) is 14.3. The average molecular weight is 322 g/mol. The number of carbonyl (C=O) groups excluding carboxylic acids is 1. The van der Waals surface area contributed by atoms with Crippen molar-refractivity contribution in [3.8, 4) is 0 Å². The molecular formula is C13H27N2O5P. The summed E-state index contributed by atoms with van der Waals surface area (Å²) in [4.78, 5) is 22.6. The molecule has 0 rings (SSSR count). The number of carbonyl (C=O) groups is 1. The molecular weight excluding hydrogens is 295 g/mol. The topological polar surface area (TPSA) is 87.7 Å². The number of hydrogen-bond donors (Lipinski definition) is 1. The molecule has 0 radical (unpaired) electrons. The van der Waals surface area contributed by atoms with Crippen LogP contribution in [0.15, 0.2) is 12.2 Å². The number of nitrogens with one attached hydrogen (secondary N) is 1. The molecule has 21 heavy (non-hydrogen) atoms. The van der Waals surface area contributed by atoms with Crippen LogP contribution >= 0.6 is 7.82 Å². The predicted molar refractivity (Wildman–Crippen MR) is 79.5 cm³/mol. The van der Waals surface area contributed by atoms with E-state index in [2.05, 4.69) is 37.6 Å². The van der Waals surface area contributed by atoms with Crippen LogP contribution in [0.25, 0.3) is 0 Å². The van der Waals surface area contributed by atoms with E-state index in [4.69, 9.17) is 4.52 Å². The number of nitrogens with zero attached hydrogens (tertiary/aromatic N) is 1. The van der Waals surface area contributed by atoms with Crippen molar-refractivity contribution in [2.24, 2.45) is 0 Å². The Morgan fingerprint density at radius 1 is 1.24 bits per heavy atom. The van der Waals surface area contributed by atoms with E-state index in [-0.39, 0.29) is 25.7 Å². The minimum atomic E-state index is -4.29. The molecule has 1 unspecified atom stereocenters. The fourth-order valence-electron chi connectivity index (χ4n) is 1.37. The van der Waals surface area contributed by atoms with Gasteiger partial charge in [-0.15, -0.1) is 0 Å². The van der Waals surface area contributed by atoms with Gasteiger partial charge in [-0.05, 0) is 19.8 Å². The second kappa shape index (κ2) is 9.33. The van der Waals surface area contributed by atoms with Crippen molar-refractivity contribution in [1.29, 1.82) is 0 Å². The maximum Gasteiger partial charge on any atom is 0.267 e. The quantitative estimate of drug-likeness (QED) is 0.261. The molecule has 7 nitrogen and oxygen atoms in total. The van der Waals surface area contributed by atoms with Crippen LogP contribution in [0.4, 0.5) is 0 Å². The Hall–Kier alpha value is -0.720. The van der Waals surface area contributed by atoms with Crippen LogP contribution in [0.5, 0.6) is 0 Å². The van der Waals surface area contributed by atoms with Crippen molar-refractivity contribution >= 4 is 13.7 Å². The second-order valence-electron chi connectivity index (χ2n) is 5.87. The Bertz CT molecular complexity index is 393. The SMILES string of the molecule is C=C(C)C(=O)NCCOP(=O)([O-])OCCCC[N+](C)(C)C. The maximum atomic E-state index is 11.4. The van der Waals surface area contributed by atoms with Crippen molar-refractivity contribution in [3.05, 3.63) is 12.2 Å². The van der Waals surface area contributed by atoms with E-state index < -0.39 is 7.82 Å². The van der Waals surface area contributed by atoms with Gasteiger partial charge in [0.05, 0.1) is 40.9 Å². The van der Waals surface area contributed by atoms with Gasteiger partial charge in [0.15, 0.2) is 0 Å². The first kappa shape index (κ1) is 20.3. The summed E-state index contributed by atoms with van der Waals surface area (Å²) in [6.07, 6.45) is 1.52. The number of phosphoric ester groups is 1. The molecule has 0 aromatic rings. The lowest BCUT2D eigenvalue weighted by Gasteiger charge is -2.25. The monoisotopic (exact) mass is 322 g/mol. The molecule has 0 aliphatic rings. The lowest BCUT2D eigenvalue weighted by atomic mass is 10.3. The molecule has 1 atom stereocenters. The van der Waals surface area contributed by atoms with Crippen molar-refractivity contribution in [2.75, 3.05) is 47.4 Å². The first-order chi connectivity index (χ1) is 9.53. The van der Waals surface area contributed by atoms with Crippen LogP contribution in [0.2, 0.25) is 0 Å². The first-order valence-electron chi connectivity index (χ1n) is 6.88. The molecule has 0 saturated carbocycles. The van der Waals surface area contributed by atoms with E-state index in [0.29, 0.717) is 12.0 Å². The zero-order valence-electron chi connectivity index (χ0n) is 13.4. The van der Waals surface area contributed by atoms with Crippen molar-refractivity contribution in [2.45, 2.75) is 19.8 Å². The van der Waals surface area contributed by atoms with E-state index in [1.165, 1.54) is 0 Å². The molecule has 0 aromatic carbocycles. The summed E-state index contributed by atoms with van der Waals surface area (Å²) >= 11 is 0. The minimum absolute atomic E-state index is 0.0861. The van der Waals surface area contributed by atoms with Crippen LogP contribution in [0, 0.1) is 0 Å². The zero-order chi connectivity index (χ0) is 16.5. The van der Waals surface area contributed by atoms with Gasteiger partial charge in [-0.3, -0.25) is 9.36 Å². The Morgan fingerprint density at radius 3 is 2.33 bits per heavy atom. The third kappa shape index (κ3) is 12.7. The Kier molecular flexibility index (Phi) is 9.01. The Morgan fingerprint density at radius 2 is 1.81 bits per heavy atom. The number of hydrogen-bond acceptors (Lipinski definition) is 5. The normalized spacial score (nSPS) is 14.5. The molecule has 1 N–H and O–H groups in total. The van der Waals surface area contributed by atoms with E-state index in [1.54, 1.807) is 6.92 Å². The van der Waals surface area contributed by atoms with Gasteiger partial charge in [0.1, 0.15) is 0 Å². The molecule has 0 heterocycles. The summed E-state index contributed by atoms with van der Waals surface area (Å²) in [6, 6.07) is 0. The van der Waals surface area contributed by atoms with Gasteiger partial charge in [0, 0.05) is 12.1 Å². The summed E-state index contributed by atoms with van der Waals surface area (Å²) in [5, 5.41) is 2.47. The highest BCUT2D eigenvalue weighted by Crippen LogP contribution is 2.37. The fourth-order valence-corrected chi connectivity index (χ4v) is 2.12. The Balaban J connectivity index is 3.72. The maximum absolute atomic E-state index is 11.4. The lowest BCUT2D eigenvalue weighted by Crippen LogP contribution is -2.35. The molecule has 0 bridgehead atoms. The third-order valence-corrected chi connectivity index (χ3v) is 3.49. The summed E-state index contributed by atoms with van der Waals surface area (Å²) < 4.78 is 21.6. The van der Waals surface area contributed by atoms with Gasteiger partial charge >= 0.3 is 0 Å². The van der Waals surface area contributed by atoms with Crippen molar-refractivity contribution in [1.82, 2.24) is 5.32 Å². The first-order valence-corrected chi connectivity index (χ1v) is 8.34. The van der Waals surface area contributed by atoms with Crippen molar-refractivity contribution in [3.63, 3.8) is 0 Å². The minimum Gasteiger partial charge on any atom is -0.756 e. The van der Waals surface area contributed by atoms with Crippen LogP contribution in [-0.4, -0.2) is 57.8 Å². The van der Waals surface area contributed by atoms with E-state index in [9.17, 15) is 14.3 Å². The predicted octanol–water partition coefficient (Wildman–Crippen LogP) is 0.667. The highest BCUT2D eigenvalue weighted by molar-refractivity contribution is 7.45. The molecule has 0 aliphatic carbocycles. The molecule has 0 spiro atoms. The van der Waals surface area contributed by atoms with E-state index >= 15 is 0 Å². The smallest absolute Gasteiger partial charge is 0.267 e. The molecule has 8 heteroatoms. The van der Waals surface area contributed by atoms with Gasteiger partial charge < -0.3 is 23.7 Å². The molecule has 0 fully saturated rings. The summed E-state index contributed by atoms with van der Waals surface area (Å²) in [7, 11) is 1.93. The lowest BCUT2D eigenvalue weighted by molar-refractivity contribution is -0.870. The van der Waals surface area contributed by atoms with Gasteiger partial charge in [-0.2, -0.15) is 0 Å². The highest BCUT2D eigenvalue weighted by Gasteiger charge is 2.11. The highest BCUT2D eigenvalue weighted by atomic mass is 31.2. The molecule has 1 amide bonds. The van der Waals surface area contributed by atoms with Crippen LogP contribution in [-0.2, 0) is 18.4 Å². The third-order valence-electron chi connectivity index (χ3n) is 2.50. The molecule has 124 valence electrons. The molecule has 0 aromatic heterocycles. The van der Waals surface area contributed by atoms with Crippen LogP contribution < -0.4 is 10.2 Å². The van der Waals surface area contributed by atoms with Crippen LogP contribution in [0.1, 0.15) is 19.8 Å². The van der Waals surface area contributed by atoms with E-state index in [1.807, 2.05) is 0 Å². The van der Waals surface area contributed by atoms with Gasteiger partial charge in [-0.25, -0.2) is 0 Å². The van der Waals surface area contributed by atoms with Gasteiger partial charge in [0.2, 0.25) is 5.91 Å². The molecule has 0 saturated heterocycles. The largest absolute Gasteiger partial charge is 0.756 e. The fraction of sp³-hybridized carbons (Fsp3) is 0.769. The summed E-state index contributed by atoms with van der Waals surface area (Å²) in [6.45, 7) is 6.01. The average Bonchev–Trinajstić information content (AvgIpc) is 2.32. The van der Waals surface area contributed by atoms with Crippen molar-refractivity contribution < 1.29 is 27.8 Å². The number of phosphoric acid groups is 1. The Labute approximate surface area is 127 Å². The van der Waals surface area contributed by atoms with Gasteiger partial charge in [-0.1, -0.05) is 6.58 Å². The number of amides is 1.